The molecule has 96 valence electrons. The summed E-state index contributed by atoms with van der Waals surface area (Å²) < 4.78 is 0. The largest absolute Gasteiger partial charge is 0.480 e. The Bertz CT molecular complexity index is 200. The molecule has 0 spiro atoms. The zero-order valence-electron chi connectivity index (χ0n) is 9.15. The summed E-state index contributed by atoms with van der Waals surface area (Å²) in [7, 11) is 0. The lowest BCUT2D eigenvalue weighted by molar-refractivity contribution is -0.144. The maximum atomic E-state index is 10.8. The van der Waals surface area contributed by atoms with E-state index in [0.29, 0.717) is 0 Å². The molecule has 0 rings (SSSR count). The molecule has 0 saturated carbocycles. The second-order valence-corrected chi connectivity index (χ2v) is 3.64. The van der Waals surface area contributed by atoms with Crippen molar-refractivity contribution in [2.24, 2.45) is 0 Å². The molecule has 0 aliphatic carbocycles. The molecule has 7 nitrogen and oxygen atoms in total. The first kappa shape index (κ1) is 15.3. The first-order chi connectivity index (χ1) is 7.42. The number of hydrogen-bond donors (Lipinski definition) is 5. The molecule has 0 aromatic heterocycles. The maximum Gasteiger partial charge on any atom is 0.320 e. The monoisotopic (exact) mass is 237 g/mol. The predicted octanol–water partition coefficient (Wildman–Crippen LogP) is -2.53. The minimum atomic E-state index is -1.10. The molecule has 0 aliphatic heterocycles. The van der Waals surface area contributed by atoms with Crippen LogP contribution in [0.4, 0.5) is 0 Å². The van der Waals surface area contributed by atoms with E-state index in [9.17, 15) is 15.0 Å². The summed E-state index contributed by atoms with van der Waals surface area (Å²) in [6.07, 6.45) is -2.15. The van der Waals surface area contributed by atoms with Crippen LogP contribution in [0.3, 0.4) is 0 Å². The van der Waals surface area contributed by atoms with Gasteiger partial charge in [0, 0.05) is 13.1 Å². The smallest absolute Gasteiger partial charge is 0.320 e. The number of carboxylic acid groups (broad SMARTS) is 1. The fraction of sp³-hybridized carbons (Fsp3) is 0.889. The highest BCUT2D eigenvalue weighted by Gasteiger charge is 2.24. The summed E-state index contributed by atoms with van der Waals surface area (Å²) in [5.74, 6) is -1.10. The Kier molecular flexibility index (Phi) is 7.18. The number of hydrogen-bond acceptors (Lipinski definition) is 6. The van der Waals surface area contributed by atoms with Crippen LogP contribution >= 0.6 is 0 Å². The van der Waals surface area contributed by atoms with E-state index in [1.165, 1.54) is 11.8 Å². The molecule has 0 amide bonds. The standard InChI is InChI=1S/C9H19NO6/c1-6(9(15)16)10(2-7(13)4-11)3-8(14)5-12/h6-8,11-14H,2-5H2,1H3,(H,15,16). The number of carbonyl (C=O) groups is 1. The first-order valence-corrected chi connectivity index (χ1v) is 4.97. The molecular weight excluding hydrogens is 218 g/mol. The van der Waals surface area contributed by atoms with Crippen LogP contribution in [-0.4, -0.2) is 81.0 Å². The molecule has 16 heavy (non-hydrogen) atoms. The molecule has 0 radical (unpaired) electrons. The van der Waals surface area contributed by atoms with Crippen molar-refractivity contribution in [3.8, 4) is 0 Å². The van der Waals surface area contributed by atoms with Gasteiger partial charge in [0.25, 0.3) is 0 Å². The van der Waals surface area contributed by atoms with Gasteiger partial charge in [-0.15, -0.1) is 0 Å². The van der Waals surface area contributed by atoms with Crippen molar-refractivity contribution in [2.75, 3.05) is 26.3 Å². The minimum absolute atomic E-state index is 0.0823. The number of carboxylic acids is 1. The molecule has 3 unspecified atom stereocenters. The fourth-order valence-corrected chi connectivity index (χ4v) is 1.20. The number of rotatable bonds is 8. The van der Waals surface area contributed by atoms with Gasteiger partial charge < -0.3 is 25.5 Å². The SMILES string of the molecule is CC(C(=O)O)N(CC(O)CO)CC(O)CO. The molecule has 0 aromatic rings. The molecule has 0 aromatic carbocycles. The van der Waals surface area contributed by atoms with Gasteiger partial charge in [0.05, 0.1) is 25.4 Å². The Balaban J connectivity index is 4.43. The molecule has 5 N–H and O–H groups in total. The van der Waals surface area contributed by atoms with Crippen LogP contribution in [0.25, 0.3) is 0 Å². The second-order valence-electron chi connectivity index (χ2n) is 3.64. The van der Waals surface area contributed by atoms with Crippen molar-refractivity contribution in [3.05, 3.63) is 0 Å². The summed E-state index contributed by atoms with van der Waals surface area (Å²) in [6.45, 7) is 0.259. The van der Waals surface area contributed by atoms with Crippen molar-refractivity contribution >= 4 is 5.97 Å². The highest BCUT2D eigenvalue weighted by atomic mass is 16.4. The first-order valence-electron chi connectivity index (χ1n) is 4.97. The third kappa shape index (κ3) is 5.38. The van der Waals surface area contributed by atoms with Gasteiger partial charge in [0.1, 0.15) is 6.04 Å². The van der Waals surface area contributed by atoms with E-state index in [0.717, 1.165) is 0 Å². The summed E-state index contributed by atoms with van der Waals surface area (Å²) in [4.78, 5) is 12.0. The van der Waals surface area contributed by atoms with E-state index < -0.39 is 37.4 Å². The Morgan fingerprint density at radius 3 is 1.75 bits per heavy atom. The summed E-state index contributed by atoms with van der Waals surface area (Å²) in [6, 6.07) is -0.914. The molecule has 7 heteroatoms. The zero-order valence-corrected chi connectivity index (χ0v) is 9.15. The van der Waals surface area contributed by atoms with Crippen LogP contribution < -0.4 is 0 Å². The third-order valence-corrected chi connectivity index (χ3v) is 2.22. The van der Waals surface area contributed by atoms with Crippen molar-refractivity contribution in [1.29, 1.82) is 0 Å². The van der Waals surface area contributed by atoms with Gasteiger partial charge in [0.2, 0.25) is 0 Å². The van der Waals surface area contributed by atoms with Crippen LogP contribution in [0.5, 0.6) is 0 Å². The number of aliphatic hydroxyl groups is 4. The maximum absolute atomic E-state index is 10.8. The van der Waals surface area contributed by atoms with E-state index in [1.807, 2.05) is 0 Å². The predicted molar refractivity (Wildman–Crippen MR) is 54.9 cm³/mol. The molecule has 0 fully saturated rings. The Morgan fingerprint density at radius 2 is 1.50 bits per heavy atom. The molecule has 0 saturated heterocycles. The van der Waals surface area contributed by atoms with Gasteiger partial charge in [-0.25, -0.2) is 0 Å². The summed E-state index contributed by atoms with van der Waals surface area (Å²) in [5, 5.41) is 44.5. The van der Waals surface area contributed by atoms with Gasteiger partial charge in [-0.3, -0.25) is 9.69 Å². The minimum Gasteiger partial charge on any atom is -0.480 e. The number of aliphatic hydroxyl groups excluding tert-OH is 4. The van der Waals surface area contributed by atoms with E-state index in [4.69, 9.17) is 15.3 Å². The number of aliphatic carboxylic acids is 1. The van der Waals surface area contributed by atoms with Gasteiger partial charge >= 0.3 is 5.97 Å². The van der Waals surface area contributed by atoms with Crippen LogP contribution in [0.15, 0.2) is 0 Å². The van der Waals surface area contributed by atoms with E-state index in [-0.39, 0.29) is 13.1 Å². The molecule has 0 heterocycles. The van der Waals surface area contributed by atoms with Crippen molar-refractivity contribution in [2.45, 2.75) is 25.2 Å². The average Bonchev–Trinajstić information content (AvgIpc) is 2.26. The topological polar surface area (TPSA) is 121 Å². The van der Waals surface area contributed by atoms with Gasteiger partial charge in [-0.05, 0) is 6.92 Å². The lowest BCUT2D eigenvalue weighted by atomic mass is 10.2. The van der Waals surface area contributed by atoms with Crippen LogP contribution in [0, 0.1) is 0 Å². The second kappa shape index (κ2) is 7.53. The van der Waals surface area contributed by atoms with Crippen LogP contribution in [0.1, 0.15) is 6.92 Å². The van der Waals surface area contributed by atoms with Crippen LogP contribution in [0.2, 0.25) is 0 Å². The highest BCUT2D eigenvalue weighted by Crippen LogP contribution is 2.03. The molecule has 3 atom stereocenters. The van der Waals surface area contributed by atoms with Gasteiger partial charge in [-0.2, -0.15) is 0 Å². The van der Waals surface area contributed by atoms with Crippen molar-refractivity contribution in [3.63, 3.8) is 0 Å². The van der Waals surface area contributed by atoms with E-state index in [1.54, 1.807) is 0 Å². The molecule has 0 aliphatic rings. The van der Waals surface area contributed by atoms with Crippen molar-refractivity contribution in [1.82, 2.24) is 4.90 Å². The lowest BCUT2D eigenvalue weighted by Gasteiger charge is -2.29. The third-order valence-electron chi connectivity index (χ3n) is 2.22. The fourth-order valence-electron chi connectivity index (χ4n) is 1.20. The summed E-state index contributed by atoms with van der Waals surface area (Å²) in [5.41, 5.74) is 0. The summed E-state index contributed by atoms with van der Waals surface area (Å²) >= 11 is 0. The Labute approximate surface area is 93.6 Å². The van der Waals surface area contributed by atoms with Gasteiger partial charge in [-0.1, -0.05) is 0 Å². The lowest BCUT2D eigenvalue weighted by Crippen LogP contribution is -2.48. The highest BCUT2D eigenvalue weighted by molar-refractivity contribution is 5.72. The Hall–Kier alpha value is -0.730. The number of nitrogens with zero attached hydrogens (tertiary/aromatic N) is 1. The Morgan fingerprint density at radius 1 is 1.12 bits per heavy atom. The molecular formula is C9H19NO6. The van der Waals surface area contributed by atoms with Gasteiger partial charge in [0.15, 0.2) is 0 Å². The average molecular weight is 237 g/mol. The normalized spacial score (nSPS) is 17.1. The quantitative estimate of drug-likeness (QED) is 0.315. The van der Waals surface area contributed by atoms with Crippen LogP contribution in [-0.2, 0) is 4.79 Å². The molecule has 0 bridgehead atoms. The van der Waals surface area contributed by atoms with Crippen molar-refractivity contribution < 1.29 is 30.3 Å². The van der Waals surface area contributed by atoms with E-state index in [2.05, 4.69) is 0 Å². The zero-order chi connectivity index (χ0) is 12.7. The van der Waals surface area contributed by atoms with E-state index >= 15 is 0 Å².